The molecule has 1 atom stereocenters. The van der Waals surface area contributed by atoms with E-state index in [1.54, 1.807) is 12.4 Å². The van der Waals surface area contributed by atoms with Crippen molar-refractivity contribution in [3.8, 4) is 0 Å². The topological polar surface area (TPSA) is 69.8 Å². The number of anilines is 1. The highest BCUT2D eigenvalue weighted by Gasteiger charge is 2.25. The van der Waals surface area contributed by atoms with Crippen LogP contribution in [0.4, 0.5) is 5.69 Å². The normalized spacial score (nSPS) is 18.1. The summed E-state index contributed by atoms with van der Waals surface area (Å²) in [7, 11) is 0. The Hall–Kier alpha value is -2.14. The number of aromatic nitrogens is 2. The highest BCUT2D eigenvalue weighted by atomic mass is 16.2. The fraction of sp³-hybridized carbons (Fsp3) is 0.231. The summed E-state index contributed by atoms with van der Waals surface area (Å²) in [6.07, 6.45) is 4.21. The zero-order valence-electron chi connectivity index (χ0n) is 9.81. The molecule has 0 saturated carbocycles. The lowest BCUT2D eigenvalue weighted by Crippen LogP contribution is -2.38. The molecule has 5 heteroatoms. The molecule has 92 valence electrons. The standard InChI is InChI=1S/C13H14N4O/c18-13(17-10-7-15-16-8-10)12-11-4-2-1-3-9(11)5-6-14-12/h1-4,7-8,12,14H,5-6H2,(H,15,16)(H,17,18). The van der Waals surface area contributed by atoms with E-state index >= 15 is 0 Å². The van der Waals surface area contributed by atoms with Gasteiger partial charge in [-0.05, 0) is 17.5 Å². The first-order valence-electron chi connectivity index (χ1n) is 5.95. The van der Waals surface area contributed by atoms with Crippen molar-refractivity contribution in [2.24, 2.45) is 0 Å². The minimum Gasteiger partial charge on any atom is -0.322 e. The smallest absolute Gasteiger partial charge is 0.246 e. The predicted octanol–water partition coefficient (Wildman–Crippen LogP) is 1.24. The number of hydrogen-bond donors (Lipinski definition) is 3. The van der Waals surface area contributed by atoms with Crippen LogP contribution in [0.2, 0.25) is 0 Å². The Labute approximate surface area is 105 Å². The molecule has 0 fully saturated rings. The van der Waals surface area contributed by atoms with Crippen LogP contribution >= 0.6 is 0 Å². The van der Waals surface area contributed by atoms with Crippen LogP contribution in [0.25, 0.3) is 0 Å². The largest absolute Gasteiger partial charge is 0.322 e. The first-order chi connectivity index (χ1) is 8.84. The number of nitrogens with zero attached hydrogens (tertiary/aromatic N) is 1. The molecule has 0 radical (unpaired) electrons. The van der Waals surface area contributed by atoms with Crippen LogP contribution in [0.3, 0.4) is 0 Å². The van der Waals surface area contributed by atoms with Gasteiger partial charge in [-0.1, -0.05) is 24.3 Å². The second-order valence-electron chi connectivity index (χ2n) is 4.31. The van der Waals surface area contributed by atoms with Crippen LogP contribution in [0.1, 0.15) is 17.2 Å². The van der Waals surface area contributed by atoms with Gasteiger partial charge >= 0.3 is 0 Å². The van der Waals surface area contributed by atoms with Crippen molar-refractivity contribution < 1.29 is 4.79 Å². The fourth-order valence-electron chi connectivity index (χ4n) is 2.27. The van der Waals surface area contributed by atoms with E-state index in [9.17, 15) is 4.79 Å². The number of fused-ring (bicyclic) bond motifs is 1. The van der Waals surface area contributed by atoms with Crippen LogP contribution in [0.15, 0.2) is 36.7 Å². The maximum Gasteiger partial charge on any atom is 0.246 e. The molecular formula is C13H14N4O. The van der Waals surface area contributed by atoms with E-state index in [2.05, 4.69) is 26.9 Å². The molecule has 1 aliphatic rings. The molecule has 18 heavy (non-hydrogen) atoms. The number of aromatic amines is 1. The number of hydrogen-bond acceptors (Lipinski definition) is 3. The number of H-pyrrole nitrogens is 1. The first kappa shape index (κ1) is 11.0. The van der Waals surface area contributed by atoms with Crippen molar-refractivity contribution in [2.75, 3.05) is 11.9 Å². The monoisotopic (exact) mass is 242 g/mol. The van der Waals surface area contributed by atoms with Crippen molar-refractivity contribution in [1.82, 2.24) is 15.5 Å². The Kier molecular flexibility index (Phi) is 2.82. The Morgan fingerprint density at radius 1 is 1.39 bits per heavy atom. The van der Waals surface area contributed by atoms with Gasteiger partial charge in [0.25, 0.3) is 0 Å². The number of carbonyl (C=O) groups excluding carboxylic acids is 1. The van der Waals surface area contributed by atoms with Crippen LogP contribution in [0, 0.1) is 0 Å². The summed E-state index contributed by atoms with van der Waals surface area (Å²) in [5.74, 6) is -0.0523. The zero-order chi connectivity index (χ0) is 12.4. The molecular weight excluding hydrogens is 228 g/mol. The number of nitrogens with one attached hydrogen (secondary N) is 3. The zero-order valence-corrected chi connectivity index (χ0v) is 9.81. The van der Waals surface area contributed by atoms with Gasteiger partial charge in [-0.25, -0.2) is 0 Å². The SMILES string of the molecule is O=C(Nc1cn[nH]c1)C1NCCc2ccccc21. The highest BCUT2D eigenvalue weighted by molar-refractivity contribution is 5.95. The van der Waals surface area contributed by atoms with E-state index in [0.717, 1.165) is 18.5 Å². The molecule has 0 saturated heterocycles. The van der Waals surface area contributed by atoms with Gasteiger partial charge in [0.15, 0.2) is 0 Å². The second-order valence-corrected chi connectivity index (χ2v) is 4.31. The Balaban J connectivity index is 1.83. The maximum atomic E-state index is 12.2. The summed E-state index contributed by atoms with van der Waals surface area (Å²) in [6.45, 7) is 0.820. The van der Waals surface area contributed by atoms with E-state index in [0.29, 0.717) is 5.69 Å². The van der Waals surface area contributed by atoms with Gasteiger partial charge in [0.1, 0.15) is 6.04 Å². The minimum absolute atomic E-state index is 0.0523. The second kappa shape index (κ2) is 4.62. The highest BCUT2D eigenvalue weighted by Crippen LogP contribution is 2.23. The Morgan fingerprint density at radius 3 is 3.11 bits per heavy atom. The summed E-state index contributed by atoms with van der Waals surface area (Å²) in [4.78, 5) is 12.2. The molecule has 0 spiro atoms. The Bertz CT molecular complexity index is 550. The van der Waals surface area contributed by atoms with E-state index < -0.39 is 0 Å². The Morgan fingerprint density at radius 2 is 2.28 bits per heavy atom. The molecule has 0 aliphatic carbocycles. The van der Waals surface area contributed by atoms with Gasteiger partial charge in [0, 0.05) is 12.7 Å². The number of carbonyl (C=O) groups is 1. The van der Waals surface area contributed by atoms with E-state index in [-0.39, 0.29) is 11.9 Å². The minimum atomic E-state index is -0.287. The summed E-state index contributed by atoms with van der Waals surface area (Å²) < 4.78 is 0. The van der Waals surface area contributed by atoms with Crippen LogP contribution in [-0.4, -0.2) is 22.6 Å². The van der Waals surface area contributed by atoms with Gasteiger partial charge < -0.3 is 10.6 Å². The van der Waals surface area contributed by atoms with Gasteiger partial charge in [-0.3, -0.25) is 9.89 Å². The summed E-state index contributed by atoms with van der Waals surface area (Å²) in [5, 5.41) is 12.6. The molecule has 2 aromatic rings. The lowest BCUT2D eigenvalue weighted by Gasteiger charge is -2.25. The summed E-state index contributed by atoms with van der Waals surface area (Å²) in [6, 6.07) is 7.76. The third kappa shape index (κ3) is 2.00. The van der Waals surface area contributed by atoms with Gasteiger partial charge in [0.05, 0.1) is 11.9 Å². The molecule has 1 aromatic carbocycles. The molecule has 5 nitrogen and oxygen atoms in total. The van der Waals surface area contributed by atoms with Gasteiger partial charge in [-0.2, -0.15) is 5.10 Å². The molecule has 3 N–H and O–H groups in total. The molecule has 0 bridgehead atoms. The van der Waals surface area contributed by atoms with Crippen molar-refractivity contribution in [3.63, 3.8) is 0 Å². The molecule has 1 aliphatic heterocycles. The van der Waals surface area contributed by atoms with Gasteiger partial charge in [-0.15, -0.1) is 0 Å². The molecule has 1 unspecified atom stereocenters. The van der Waals surface area contributed by atoms with Crippen LogP contribution < -0.4 is 10.6 Å². The lowest BCUT2D eigenvalue weighted by atomic mass is 9.94. The van der Waals surface area contributed by atoms with Crippen LogP contribution in [-0.2, 0) is 11.2 Å². The van der Waals surface area contributed by atoms with E-state index in [1.165, 1.54) is 5.56 Å². The van der Waals surface area contributed by atoms with Gasteiger partial charge in [0.2, 0.25) is 5.91 Å². The third-order valence-corrected chi connectivity index (χ3v) is 3.14. The average Bonchev–Trinajstić information content (AvgIpc) is 2.91. The van der Waals surface area contributed by atoms with Crippen molar-refractivity contribution in [1.29, 1.82) is 0 Å². The van der Waals surface area contributed by atoms with Crippen molar-refractivity contribution in [2.45, 2.75) is 12.5 Å². The lowest BCUT2D eigenvalue weighted by molar-refractivity contribution is -0.118. The summed E-state index contributed by atoms with van der Waals surface area (Å²) >= 11 is 0. The predicted molar refractivity (Wildman–Crippen MR) is 68.1 cm³/mol. The first-order valence-corrected chi connectivity index (χ1v) is 5.95. The van der Waals surface area contributed by atoms with Crippen LogP contribution in [0.5, 0.6) is 0 Å². The number of rotatable bonds is 2. The number of benzene rings is 1. The molecule has 3 rings (SSSR count). The van der Waals surface area contributed by atoms with E-state index in [4.69, 9.17) is 0 Å². The van der Waals surface area contributed by atoms with E-state index in [1.807, 2.05) is 18.2 Å². The summed E-state index contributed by atoms with van der Waals surface area (Å²) in [5.41, 5.74) is 2.98. The molecule has 2 heterocycles. The maximum absolute atomic E-state index is 12.2. The molecule has 1 amide bonds. The average molecular weight is 242 g/mol. The fourth-order valence-corrected chi connectivity index (χ4v) is 2.27. The quantitative estimate of drug-likeness (QED) is 0.742. The molecule has 1 aromatic heterocycles. The van der Waals surface area contributed by atoms with Crippen molar-refractivity contribution >= 4 is 11.6 Å². The number of amides is 1. The third-order valence-electron chi connectivity index (χ3n) is 3.14. The van der Waals surface area contributed by atoms with Crippen molar-refractivity contribution in [3.05, 3.63) is 47.8 Å².